The predicted molar refractivity (Wildman–Crippen MR) is 127 cm³/mol. The molecule has 0 spiro atoms. The Balaban J connectivity index is 1.63. The summed E-state index contributed by atoms with van der Waals surface area (Å²) in [5.74, 6) is 0.277. The van der Waals surface area contributed by atoms with Crippen LogP contribution in [0, 0.1) is 0 Å². The Morgan fingerprint density at radius 1 is 1.06 bits per heavy atom. The van der Waals surface area contributed by atoms with E-state index in [2.05, 4.69) is 10.0 Å². The van der Waals surface area contributed by atoms with Gasteiger partial charge < -0.3 is 19.7 Å². The van der Waals surface area contributed by atoms with Gasteiger partial charge in [0.25, 0.3) is 11.8 Å². The summed E-state index contributed by atoms with van der Waals surface area (Å²) >= 11 is 0. The molecule has 1 fully saturated rings. The van der Waals surface area contributed by atoms with Crippen LogP contribution in [0.25, 0.3) is 0 Å². The third kappa shape index (κ3) is 6.71. The molecule has 0 aromatic heterocycles. The van der Waals surface area contributed by atoms with Gasteiger partial charge >= 0.3 is 0 Å². The van der Waals surface area contributed by atoms with Crippen molar-refractivity contribution in [1.82, 2.24) is 14.9 Å². The minimum Gasteiger partial charge on any atom is -0.493 e. The zero-order chi connectivity index (χ0) is 24.7. The molecular formula is C24H31N3O6S. The molecule has 1 aliphatic rings. The van der Waals surface area contributed by atoms with Gasteiger partial charge in [-0.05, 0) is 48.7 Å². The first-order valence-corrected chi connectivity index (χ1v) is 12.6. The molecule has 9 nitrogen and oxygen atoms in total. The first-order valence-electron chi connectivity index (χ1n) is 11.1. The topological polar surface area (TPSA) is 114 Å². The van der Waals surface area contributed by atoms with Crippen molar-refractivity contribution in [1.29, 1.82) is 0 Å². The van der Waals surface area contributed by atoms with Gasteiger partial charge in [-0.15, -0.1) is 0 Å². The quantitative estimate of drug-likeness (QED) is 0.529. The largest absolute Gasteiger partial charge is 0.493 e. The molecule has 0 saturated heterocycles. The van der Waals surface area contributed by atoms with Crippen molar-refractivity contribution >= 4 is 21.8 Å². The molecule has 2 aromatic rings. The smallest absolute Gasteiger partial charge is 0.259 e. The first-order chi connectivity index (χ1) is 16.2. The second-order valence-corrected chi connectivity index (χ2v) is 10.1. The van der Waals surface area contributed by atoms with E-state index in [0.717, 1.165) is 31.2 Å². The molecule has 10 heteroatoms. The summed E-state index contributed by atoms with van der Waals surface area (Å²) in [7, 11) is 1.09. The molecule has 3 rings (SSSR count). The van der Waals surface area contributed by atoms with Crippen LogP contribution in [0.2, 0.25) is 0 Å². The van der Waals surface area contributed by atoms with Crippen molar-refractivity contribution in [3.8, 4) is 11.5 Å². The number of likely N-dealkylation sites (N-methyl/N-ethyl adjacent to an activating group) is 1. The van der Waals surface area contributed by atoms with E-state index < -0.39 is 15.9 Å². The summed E-state index contributed by atoms with van der Waals surface area (Å²) in [6.07, 6.45) is 3.70. The molecule has 1 saturated carbocycles. The number of benzene rings is 2. The second-order valence-electron chi connectivity index (χ2n) is 8.38. The Hall–Kier alpha value is -3.11. The van der Waals surface area contributed by atoms with E-state index in [1.54, 1.807) is 44.4 Å². The predicted octanol–water partition coefficient (Wildman–Crippen LogP) is 2.31. The van der Waals surface area contributed by atoms with Gasteiger partial charge in [0.2, 0.25) is 10.0 Å². The molecule has 0 unspecified atom stereocenters. The van der Waals surface area contributed by atoms with Crippen LogP contribution in [-0.4, -0.2) is 59.0 Å². The number of amides is 2. The Kier molecular flexibility index (Phi) is 8.51. The van der Waals surface area contributed by atoms with Crippen molar-refractivity contribution in [3.05, 3.63) is 53.6 Å². The fraction of sp³-hybridized carbons (Fsp3) is 0.417. The summed E-state index contributed by atoms with van der Waals surface area (Å²) in [6, 6.07) is 11.1. The molecule has 2 amide bonds. The highest BCUT2D eigenvalue weighted by atomic mass is 32.2. The van der Waals surface area contributed by atoms with Gasteiger partial charge in [0.1, 0.15) is 0 Å². The number of ether oxygens (including phenoxy) is 2. The van der Waals surface area contributed by atoms with Crippen LogP contribution < -0.4 is 19.5 Å². The number of carbonyl (C=O) groups excluding carboxylic acids is 2. The molecule has 0 radical (unpaired) electrons. The van der Waals surface area contributed by atoms with Gasteiger partial charge in [0, 0.05) is 32.2 Å². The summed E-state index contributed by atoms with van der Waals surface area (Å²) in [5, 5.41) is 2.79. The molecule has 1 aliphatic carbocycles. The van der Waals surface area contributed by atoms with Crippen molar-refractivity contribution in [2.24, 2.45) is 0 Å². The average Bonchev–Trinajstić information content (AvgIpc) is 3.33. The number of methoxy groups -OCH3 is 1. The summed E-state index contributed by atoms with van der Waals surface area (Å²) in [6.45, 7) is 0.0810. The van der Waals surface area contributed by atoms with Gasteiger partial charge in [-0.1, -0.05) is 25.0 Å². The van der Waals surface area contributed by atoms with Gasteiger partial charge in [0.05, 0.1) is 12.0 Å². The second kappa shape index (κ2) is 11.3. The van der Waals surface area contributed by atoms with E-state index in [4.69, 9.17) is 9.47 Å². The lowest BCUT2D eigenvalue weighted by molar-refractivity contribution is -0.130. The van der Waals surface area contributed by atoms with Crippen molar-refractivity contribution in [2.75, 3.05) is 27.8 Å². The van der Waals surface area contributed by atoms with E-state index in [0.29, 0.717) is 11.5 Å². The maximum Gasteiger partial charge on any atom is 0.259 e. The molecule has 0 bridgehead atoms. The minimum absolute atomic E-state index is 0.0505. The van der Waals surface area contributed by atoms with Crippen molar-refractivity contribution in [3.63, 3.8) is 0 Å². The fourth-order valence-electron chi connectivity index (χ4n) is 3.63. The zero-order valence-corrected chi connectivity index (χ0v) is 20.5. The lowest BCUT2D eigenvalue weighted by atomic mass is 10.1. The van der Waals surface area contributed by atoms with Crippen LogP contribution in [0.3, 0.4) is 0 Å². The monoisotopic (exact) mass is 489 g/mol. The third-order valence-corrected chi connectivity index (χ3v) is 7.13. The van der Waals surface area contributed by atoms with E-state index >= 15 is 0 Å². The summed E-state index contributed by atoms with van der Waals surface area (Å²) < 4.78 is 39.0. The van der Waals surface area contributed by atoms with Gasteiger partial charge in [-0.2, -0.15) is 0 Å². The third-order valence-electron chi connectivity index (χ3n) is 5.61. The molecule has 0 heterocycles. The summed E-state index contributed by atoms with van der Waals surface area (Å²) in [4.78, 5) is 25.9. The highest BCUT2D eigenvalue weighted by Gasteiger charge is 2.23. The zero-order valence-electron chi connectivity index (χ0n) is 19.7. The van der Waals surface area contributed by atoms with E-state index in [1.807, 2.05) is 0 Å². The Morgan fingerprint density at radius 3 is 2.47 bits per heavy atom. The molecule has 0 atom stereocenters. The van der Waals surface area contributed by atoms with Crippen molar-refractivity contribution < 1.29 is 27.5 Å². The number of hydrogen-bond acceptors (Lipinski definition) is 6. The molecule has 2 N–H and O–H groups in total. The maximum atomic E-state index is 12.7. The highest BCUT2D eigenvalue weighted by Crippen LogP contribution is 2.28. The molecule has 2 aromatic carbocycles. The van der Waals surface area contributed by atoms with Crippen LogP contribution in [0.15, 0.2) is 47.4 Å². The van der Waals surface area contributed by atoms with E-state index in [9.17, 15) is 18.0 Å². The summed E-state index contributed by atoms with van der Waals surface area (Å²) in [5.41, 5.74) is 1.01. The lowest BCUT2D eigenvalue weighted by Gasteiger charge is -2.15. The van der Waals surface area contributed by atoms with Crippen LogP contribution in [0.5, 0.6) is 11.5 Å². The van der Waals surface area contributed by atoms with E-state index in [1.165, 1.54) is 24.1 Å². The van der Waals surface area contributed by atoms with Crippen LogP contribution in [0.4, 0.5) is 0 Å². The Morgan fingerprint density at radius 2 is 1.79 bits per heavy atom. The first kappa shape index (κ1) is 25.5. The standard InChI is InChI=1S/C24H31N3O6S/c1-27(2)23(28)16-33-21-12-11-17(13-22(21)32-3)15-25-24(29)18-7-6-10-20(14-18)34(30,31)26-19-8-4-5-9-19/h6-7,10-14,19,26H,4-5,8-9,15-16H2,1-3H3,(H,25,29). The number of hydrogen-bond donors (Lipinski definition) is 2. The average molecular weight is 490 g/mol. The number of rotatable bonds is 10. The number of nitrogens with one attached hydrogen (secondary N) is 2. The number of nitrogens with zero attached hydrogens (tertiary/aromatic N) is 1. The highest BCUT2D eigenvalue weighted by molar-refractivity contribution is 7.89. The Bertz CT molecular complexity index is 1130. The minimum atomic E-state index is -3.69. The number of sulfonamides is 1. The molecule has 0 aliphatic heterocycles. The number of carbonyl (C=O) groups is 2. The van der Waals surface area contributed by atoms with Gasteiger partial charge in [-0.25, -0.2) is 13.1 Å². The molecule has 184 valence electrons. The van der Waals surface area contributed by atoms with Crippen LogP contribution in [-0.2, 0) is 21.4 Å². The molecule has 34 heavy (non-hydrogen) atoms. The SMILES string of the molecule is COc1cc(CNC(=O)c2cccc(S(=O)(=O)NC3CCCC3)c2)ccc1OCC(=O)N(C)C. The van der Waals surface area contributed by atoms with Gasteiger partial charge in [0.15, 0.2) is 18.1 Å². The Labute approximate surface area is 200 Å². The maximum absolute atomic E-state index is 12.7. The lowest BCUT2D eigenvalue weighted by Crippen LogP contribution is -2.32. The van der Waals surface area contributed by atoms with Crippen LogP contribution in [0.1, 0.15) is 41.6 Å². The van der Waals surface area contributed by atoms with Gasteiger partial charge in [-0.3, -0.25) is 9.59 Å². The van der Waals surface area contributed by atoms with Crippen molar-refractivity contribution in [2.45, 2.75) is 43.2 Å². The van der Waals surface area contributed by atoms with E-state index in [-0.39, 0.29) is 35.6 Å². The fourth-order valence-corrected chi connectivity index (χ4v) is 4.98. The normalized spacial score (nSPS) is 14.0. The molecular weight excluding hydrogens is 458 g/mol. The van der Waals surface area contributed by atoms with Crippen LogP contribution >= 0.6 is 0 Å².